The van der Waals surface area contributed by atoms with Gasteiger partial charge in [-0.3, -0.25) is 14.9 Å². The Bertz CT molecular complexity index is 246. The molecule has 1 saturated carbocycles. The number of rotatable bonds is 0. The molecular formula is C9H13NO3. The summed E-state index contributed by atoms with van der Waals surface area (Å²) in [4.78, 5) is 22.3. The molecule has 1 heterocycles. The number of hydrogen-bond donors (Lipinski definition) is 2. The van der Waals surface area contributed by atoms with Gasteiger partial charge in [-0.1, -0.05) is 0 Å². The van der Waals surface area contributed by atoms with Crippen molar-refractivity contribution >= 4 is 11.8 Å². The van der Waals surface area contributed by atoms with Crippen molar-refractivity contribution in [2.45, 2.75) is 38.2 Å². The lowest BCUT2D eigenvalue weighted by atomic mass is 9.77. The molecule has 2 amide bonds. The molecule has 1 aliphatic heterocycles. The van der Waals surface area contributed by atoms with Gasteiger partial charge in [0.15, 0.2) is 0 Å². The number of hydrogen-bond acceptors (Lipinski definition) is 3. The maximum Gasteiger partial charge on any atom is 0.227 e. The Balaban J connectivity index is 2.14. The van der Waals surface area contributed by atoms with E-state index < -0.39 is 0 Å². The van der Waals surface area contributed by atoms with E-state index in [0.29, 0.717) is 19.3 Å². The second-order valence-corrected chi connectivity index (χ2v) is 4.22. The van der Waals surface area contributed by atoms with Crippen LogP contribution in [0.4, 0.5) is 0 Å². The van der Waals surface area contributed by atoms with Gasteiger partial charge in [-0.05, 0) is 24.7 Å². The average Bonchev–Trinajstić information content (AvgIpc) is 2.28. The third-order valence-electron chi connectivity index (χ3n) is 3.03. The lowest BCUT2D eigenvalue weighted by Crippen LogP contribution is -2.43. The van der Waals surface area contributed by atoms with Crippen molar-refractivity contribution < 1.29 is 14.7 Å². The summed E-state index contributed by atoms with van der Waals surface area (Å²) in [5, 5.41) is 11.7. The first kappa shape index (κ1) is 8.69. The Morgan fingerprint density at radius 3 is 2.38 bits per heavy atom. The summed E-state index contributed by atoms with van der Waals surface area (Å²) in [5.74, 6) is -0.379. The first-order chi connectivity index (χ1) is 6.10. The van der Waals surface area contributed by atoms with E-state index in [4.69, 9.17) is 0 Å². The van der Waals surface area contributed by atoms with Gasteiger partial charge < -0.3 is 5.11 Å². The highest BCUT2D eigenvalue weighted by Gasteiger charge is 2.44. The maximum absolute atomic E-state index is 11.1. The largest absolute Gasteiger partial charge is 0.393 e. The molecule has 13 heavy (non-hydrogen) atoms. The van der Waals surface area contributed by atoms with E-state index in [2.05, 4.69) is 5.32 Å². The number of imide groups is 1. The van der Waals surface area contributed by atoms with Crippen LogP contribution in [0.3, 0.4) is 0 Å². The molecule has 1 spiro atoms. The molecule has 0 aromatic rings. The number of nitrogens with one attached hydrogen (secondary N) is 1. The molecule has 1 atom stereocenters. The monoisotopic (exact) mass is 183 g/mol. The Labute approximate surface area is 76.3 Å². The summed E-state index contributed by atoms with van der Waals surface area (Å²) in [5.41, 5.74) is -0.223. The normalized spacial score (nSPS) is 32.2. The molecule has 0 bridgehead atoms. The summed E-state index contributed by atoms with van der Waals surface area (Å²) in [6, 6.07) is 0. The molecule has 72 valence electrons. The third-order valence-corrected chi connectivity index (χ3v) is 3.03. The van der Waals surface area contributed by atoms with E-state index in [-0.39, 0.29) is 23.3 Å². The number of aliphatic hydroxyl groups excluding tert-OH is 1. The molecule has 4 nitrogen and oxygen atoms in total. The van der Waals surface area contributed by atoms with E-state index in [9.17, 15) is 14.7 Å². The summed E-state index contributed by atoms with van der Waals surface area (Å²) >= 11 is 0. The fourth-order valence-electron chi connectivity index (χ4n) is 2.49. The van der Waals surface area contributed by atoms with Crippen molar-refractivity contribution in [3.63, 3.8) is 0 Å². The molecule has 1 saturated heterocycles. The van der Waals surface area contributed by atoms with Gasteiger partial charge in [0.1, 0.15) is 0 Å². The van der Waals surface area contributed by atoms with Crippen molar-refractivity contribution in [1.82, 2.24) is 5.32 Å². The molecular weight excluding hydrogens is 170 g/mol. The van der Waals surface area contributed by atoms with E-state index in [1.807, 2.05) is 0 Å². The van der Waals surface area contributed by atoms with Crippen LogP contribution in [-0.2, 0) is 9.59 Å². The zero-order valence-corrected chi connectivity index (χ0v) is 7.38. The predicted octanol–water partition coefficient (Wildman–Crippen LogP) is -0.0458. The molecule has 2 N–H and O–H groups in total. The van der Waals surface area contributed by atoms with E-state index in [1.165, 1.54) is 0 Å². The molecule has 2 rings (SSSR count). The van der Waals surface area contributed by atoms with Crippen LogP contribution >= 0.6 is 0 Å². The van der Waals surface area contributed by atoms with Crippen molar-refractivity contribution in [3.8, 4) is 0 Å². The molecule has 0 radical (unpaired) electrons. The van der Waals surface area contributed by atoms with Crippen LogP contribution < -0.4 is 5.32 Å². The van der Waals surface area contributed by atoms with Crippen LogP contribution in [-0.4, -0.2) is 23.0 Å². The minimum Gasteiger partial charge on any atom is -0.393 e. The third kappa shape index (κ3) is 1.58. The number of amides is 2. The standard InChI is InChI=1S/C9H13NO3/c11-6-1-2-9(3-6)4-7(12)10-8(13)5-9/h6,11H,1-5H2,(H,10,12,13). The van der Waals surface area contributed by atoms with Gasteiger partial charge in [0.05, 0.1) is 6.10 Å². The zero-order valence-electron chi connectivity index (χ0n) is 7.38. The van der Waals surface area contributed by atoms with Gasteiger partial charge in [-0.15, -0.1) is 0 Å². The highest BCUT2D eigenvalue weighted by molar-refractivity contribution is 5.98. The highest BCUT2D eigenvalue weighted by Crippen LogP contribution is 2.45. The lowest BCUT2D eigenvalue weighted by Gasteiger charge is -2.31. The predicted molar refractivity (Wildman–Crippen MR) is 44.7 cm³/mol. The van der Waals surface area contributed by atoms with Crippen LogP contribution in [0.5, 0.6) is 0 Å². The summed E-state index contributed by atoms with van der Waals surface area (Å²) in [7, 11) is 0. The topological polar surface area (TPSA) is 66.4 Å². The van der Waals surface area contributed by atoms with E-state index in [0.717, 1.165) is 12.8 Å². The minimum atomic E-state index is -0.321. The van der Waals surface area contributed by atoms with Gasteiger partial charge in [-0.25, -0.2) is 0 Å². The number of carbonyl (C=O) groups is 2. The number of piperidine rings is 1. The summed E-state index contributed by atoms with van der Waals surface area (Å²) in [6.07, 6.45) is 2.60. The zero-order chi connectivity index (χ0) is 9.47. The first-order valence-corrected chi connectivity index (χ1v) is 4.60. The van der Waals surface area contributed by atoms with E-state index in [1.54, 1.807) is 0 Å². The molecule has 0 aromatic carbocycles. The molecule has 1 unspecified atom stereocenters. The first-order valence-electron chi connectivity index (χ1n) is 4.60. The molecule has 2 fully saturated rings. The van der Waals surface area contributed by atoms with E-state index >= 15 is 0 Å². The SMILES string of the molecule is O=C1CC2(CCC(O)C2)CC(=O)N1. The summed E-state index contributed by atoms with van der Waals surface area (Å²) in [6.45, 7) is 0. The van der Waals surface area contributed by atoms with Crippen LogP contribution in [0.15, 0.2) is 0 Å². The smallest absolute Gasteiger partial charge is 0.227 e. The average molecular weight is 183 g/mol. The molecule has 2 aliphatic rings. The maximum atomic E-state index is 11.1. The fourth-order valence-corrected chi connectivity index (χ4v) is 2.49. The van der Waals surface area contributed by atoms with Crippen LogP contribution in [0, 0.1) is 5.41 Å². The Hall–Kier alpha value is -0.900. The van der Waals surface area contributed by atoms with Crippen LogP contribution in [0.1, 0.15) is 32.1 Å². The molecule has 0 aromatic heterocycles. The van der Waals surface area contributed by atoms with Gasteiger partial charge in [0.25, 0.3) is 0 Å². The molecule has 4 heteroatoms. The lowest BCUT2D eigenvalue weighted by molar-refractivity contribution is -0.137. The highest BCUT2D eigenvalue weighted by atomic mass is 16.3. The quantitative estimate of drug-likeness (QED) is 0.518. The van der Waals surface area contributed by atoms with Gasteiger partial charge in [-0.2, -0.15) is 0 Å². The van der Waals surface area contributed by atoms with Gasteiger partial charge >= 0.3 is 0 Å². The second-order valence-electron chi connectivity index (χ2n) is 4.22. The number of carbonyl (C=O) groups excluding carboxylic acids is 2. The van der Waals surface area contributed by atoms with Crippen molar-refractivity contribution in [3.05, 3.63) is 0 Å². The van der Waals surface area contributed by atoms with Crippen molar-refractivity contribution in [1.29, 1.82) is 0 Å². The van der Waals surface area contributed by atoms with Crippen LogP contribution in [0.2, 0.25) is 0 Å². The fraction of sp³-hybridized carbons (Fsp3) is 0.778. The van der Waals surface area contributed by atoms with Gasteiger partial charge in [0, 0.05) is 12.8 Å². The van der Waals surface area contributed by atoms with Crippen molar-refractivity contribution in [2.24, 2.45) is 5.41 Å². The summed E-state index contributed by atoms with van der Waals surface area (Å²) < 4.78 is 0. The second kappa shape index (κ2) is 2.80. The molecule has 1 aliphatic carbocycles. The van der Waals surface area contributed by atoms with Crippen molar-refractivity contribution in [2.75, 3.05) is 0 Å². The van der Waals surface area contributed by atoms with Gasteiger partial charge in [0.2, 0.25) is 11.8 Å². The minimum absolute atomic E-state index is 0.189. The Morgan fingerprint density at radius 1 is 1.31 bits per heavy atom. The Morgan fingerprint density at radius 2 is 1.92 bits per heavy atom. The van der Waals surface area contributed by atoms with Crippen LogP contribution in [0.25, 0.3) is 0 Å². The number of aliphatic hydroxyl groups is 1. The Kier molecular flexibility index (Phi) is 1.87.